The Morgan fingerprint density at radius 3 is 2.37 bits per heavy atom. The summed E-state index contributed by atoms with van der Waals surface area (Å²) in [6, 6.07) is 2.57. The molecule has 0 aliphatic heterocycles. The molecule has 3 heteroatoms. The fourth-order valence-corrected chi connectivity index (χ4v) is 2.73. The van der Waals surface area contributed by atoms with Crippen LogP contribution < -0.4 is 15.4 Å². The SMILES string of the molecule is CNCCCC(NC)c1c(C)cc(OC)c(C)c1C. The second-order valence-corrected chi connectivity index (χ2v) is 5.15. The summed E-state index contributed by atoms with van der Waals surface area (Å²) in [5.74, 6) is 0.990. The third-order valence-corrected chi connectivity index (χ3v) is 3.94. The van der Waals surface area contributed by atoms with Gasteiger partial charge in [-0.2, -0.15) is 0 Å². The molecule has 0 bridgehead atoms. The Morgan fingerprint density at radius 2 is 1.84 bits per heavy atom. The number of ether oxygens (including phenoxy) is 1. The van der Waals surface area contributed by atoms with Crippen LogP contribution in [0, 0.1) is 20.8 Å². The number of hydrogen-bond donors (Lipinski definition) is 2. The smallest absolute Gasteiger partial charge is 0.122 e. The van der Waals surface area contributed by atoms with Gasteiger partial charge in [-0.3, -0.25) is 0 Å². The highest BCUT2D eigenvalue weighted by Crippen LogP contribution is 2.32. The molecule has 0 aliphatic rings. The Bertz CT molecular complexity index is 416. The summed E-state index contributed by atoms with van der Waals surface area (Å²) in [7, 11) is 5.79. The maximum atomic E-state index is 5.44. The van der Waals surface area contributed by atoms with E-state index in [1.807, 2.05) is 14.1 Å². The summed E-state index contributed by atoms with van der Waals surface area (Å²) >= 11 is 0. The number of methoxy groups -OCH3 is 1. The van der Waals surface area contributed by atoms with Crippen molar-refractivity contribution >= 4 is 0 Å². The van der Waals surface area contributed by atoms with Crippen molar-refractivity contribution in [3.8, 4) is 5.75 Å². The first-order chi connectivity index (χ1) is 9.06. The molecule has 1 aromatic rings. The first-order valence-corrected chi connectivity index (χ1v) is 7.03. The molecule has 0 saturated carbocycles. The Morgan fingerprint density at radius 1 is 1.16 bits per heavy atom. The van der Waals surface area contributed by atoms with Crippen LogP contribution in [-0.2, 0) is 0 Å². The lowest BCUT2D eigenvalue weighted by atomic mass is 9.90. The summed E-state index contributed by atoms with van der Waals surface area (Å²) < 4.78 is 5.44. The van der Waals surface area contributed by atoms with Crippen LogP contribution in [0.4, 0.5) is 0 Å². The molecule has 1 aromatic carbocycles. The van der Waals surface area contributed by atoms with Crippen LogP contribution in [0.2, 0.25) is 0 Å². The normalized spacial score (nSPS) is 12.5. The zero-order valence-electron chi connectivity index (χ0n) is 13.2. The van der Waals surface area contributed by atoms with E-state index in [-0.39, 0.29) is 0 Å². The molecule has 1 unspecified atom stereocenters. The highest BCUT2D eigenvalue weighted by molar-refractivity contribution is 5.49. The maximum absolute atomic E-state index is 5.44. The summed E-state index contributed by atoms with van der Waals surface area (Å²) in [5, 5.41) is 6.66. The topological polar surface area (TPSA) is 33.3 Å². The van der Waals surface area contributed by atoms with Gasteiger partial charge in [-0.15, -0.1) is 0 Å². The van der Waals surface area contributed by atoms with Crippen molar-refractivity contribution in [2.45, 2.75) is 39.7 Å². The summed E-state index contributed by atoms with van der Waals surface area (Å²) in [6.07, 6.45) is 2.32. The number of aryl methyl sites for hydroxylation is 1. The van der Waals surface area contributed by atoms with Crippen molar-refractivity contribution in [3.05, 3.63) is 28.3 Å². The van der Waals surface area contributed by atoms with Crippen molar-refractivity contribution < 1.29 is 4.74 Å². The molecule has 0 aliphatic carbocycles. The molecule has 0 amide bonds. The minimum Gasteiger partial charge on any atom is -0.496 e. The van der Waals surface area contributed by atoms with Crippen molar-refractivity contribution in [3.63, 3.8) is 0 Å². The lowest BCUT2D eigenvalue weighted by Gasteiger charge is -2.24. The van der Waals surface area contributed by atoms with Crippen molar-refractivity contribution in [1.82, 2.24) is 10.6 Å². The molecule has 0 fully saturated rings. The lowest BCUT2D eigenvalue weighted by molar-refractivity contribution is 0.410. The average molecular weight is 264 g/mol. The second-order valence-electron chi connectivity index (χ2n) is 5.15. The van der Waals surface area contributed by atoms with Gasteiger partial charge in [0.25, 0.3) is 0 Å². The highest BCUT2D eigenvalue weighted by Gasteiger charge is 2.17. The Labute approximate surface area is 117 Å². The molecule has 19 heavy (non-hydrogen) atoms. The second kappa shape index (κ2) is 7.51. The van der Waals surface area contributed by atoms with E-state index >= 15 is 0 Å². The lowest BCUT2D eigenvalue weighted by Crippen LogP contribution is -2.21. The van der Waals surface area contributed by atoms with Gasteiger partial charge in [-0.25, -0.2) is 0 Å². The van der Waals surface area contributed by atoms with E-state index in [2.05, 4.69) is 37.5 Å². The first kappa shape index (κ1) is 16.0. The molecule has 1 rings (SSSR count). The predicted octanol–water partition coefficient (Wildman–Crippen LogP) is 2.88. The highest BCUT2D eigenvalue weighted by atomic mass is 16.5. The number of rotatable bonds is 7. The van der Waals surface area contributed by atoms with E-state index in [0.717, 1.165) is 18.7 Å². The van der Waals surface area contributed by atoms with Gasteiger partial charge in [-0.1, -0.05) is 0 Å². The average Bonchev–Trinajstić information content (AvgIpc) is 2.41. The summed E-state index contributed by atoms with van der Waals surface area (Å²) in [6.45, 7) is 7.57. The first-order valence-electron chi connectivity index (χ1n) is 7.03. The van der Waals surface area contributed by atoms with E-state index in [1.165, 1.54) is 28.7 Å². The van der Waals surface area contributed by atoms with Gasteiger partial charge in [0.1, 0.15) is 5.75 Å². The zero-order valence-corrected chi connectivity index (χ0v) is 13.2. The fraction of sp³-hybridized carbons (Fsp3) is 0.625. The molecular weight excluding hydrogens is 236 g/mol. The van der Waals surface area contributed by atoms with Crippen LogP contribution in [-0.4, -0.2) is 27.7 Å². The van der Waals surface area contributed by atoms with Crippen molar-refractivity contribution in [2.75, 3.05) is 27.7 Å². The van der Waals surface area contributed by atoms with Gasteiger partial charge in [0, 0.05) is 6.04 Å². The molecule has 2 N–H and O–H groups in total. The Kier molecular flexibility index (Phi) is 6.32. The van der Waals surface area contributed by atoms with Gasteiger partial charge >= 0.3 is 0 Å². The van der Waals surface area contributed by atoms with E-state index in [1.54, 1.807) is 7.11 Å². The molecular formula is C16H28N2O. The molecule has 1 atom stereocenters. The van der Waals surface area contributed by atoms with Crippen LogP contribution in [0.3, 0.4) is 0 Å². The van der Waals surface area contributed by atoms with Crippen molar-refractivity contribution in [1.29, 1.82) is 0 Å². The predicted molar refractivity (Wildman–Crippen MR) is 82.2 cm³/mol. The third kappa shape index (κ3) is 3.71. The van der Waals surface area contributed by atoms with Crippen LogP contribution in [0.25, 0.3) is 0 Å². The third-order valence-electron chi connectivity index (χ3n) is 3.94. The summed E-state index contributed by atoms with van der Waals surface area (Å²) in [5.41, 5.74) is 5.33. The molecule has 3 nitrogen and oxygen atoms in total. The number of hydrogen-bond acceptors (Lipinski definition) is 3. The number of nitrogens with one attached hydrogen (secondary N) is 2. The van der Waals surface area contributed by atoms with Gasteiger partial charge in [0.15, 0.2) is 0 Å². The van der Waals surface area contributed by atoms with Crippen LogP contribution in [0.5, 0.6) is 5.75 Å². The van der Waals surface area contributed by atoms with E-state index in [0.29, 0.717) is 6.04 Å². The van der Waals surface area contributed by atoms with Crippen LogP contribution in [0.15, 0.2) is 6.07 Å². The molecule has 0 radical (unpaired) electrons. The Hall–Kier alpha value is -1.06. The summed E-state index contributed by atoms with van der Waals surface area (Å²) in [4.78, 5) is 0. The van der Waals surface area contributed by atoms with Gasteiger partial charge in [0.05, 0.1) is 7.11 Å². The van der Waals surface area contributed by atoms with Crippen LogP contribution >= 0.6 is 0 Å². The largest absolute Gasteiger partial charge is 0.496 e. The van der Waals surface area contributed by atoms with E-state index < -0.39 is 0 Å². The molecule has 108 valence electrons. The van der Waals surface area contributed by atoms with Crippen LogP contribution in [0.1, 0.15) is 41.1 Å². The fourth-order valence-electron chi connectivity index (χ4n) is 2.73. The van der Waals surface area contributed by atoms with Gasteiger partial charge in [-0.05, 0) is 82.6 Å². The Balaban J connectivity index is 3.06. The molecule has 0 saturated heterocycles. The quantitative estimate of drug-likeness (QED) is 0.743. The van der Waals surface area contributed by atoms with Gasteiger partial charge in [0.2, 0.25) is 0 Å². The van der Waals surface area contributed by atoms with Gasteiger partial charge < -0.3 is 15.4 Å². The maximum Gasteiger partial charge on any atom is 0.122 e. The minimum absolute atomic E-state index is 0.415. The molecule has 0 heterocycles. The zero-order chi connectivity index (χ0) is 14.4. The van der Waals surface area contributed by atoms with Crippen molar-refractivity contribution in [2.24, 2.45) is 0 Å². The number of benzene rings is 1. The standard InChI is InChI=1S/C16H28N2O/c1-11-10-15(19-6)12(2)13(3)16(11)14(18-5)8-7-9-17-4/h10,14,17-18H,7-9H2,1-6H3. The minimum atomic E-state index is 0.415. The molecule has 0 aromatic heterocycles. The van der Waals surface area contributed by atoms with E-state index in [4.69, 9.17) is 4.74 Å². The molecule has 0 spiro atoms. The monoisotopic (exact) mass is 264 g/mol. The van der Waals surface area contributed by atoms with E-state index in [9.17, 15) is 0 Å².